The molecule has 0 spiro atoms. The van der Waals surface area contributed by atoms with Crippen molar-refractivity contribution in [3.63, 3.8) is 0 Å². The minimum Gasteiger partial charge on any atom is -0.359 e. The van der Waals surface area contributed by atoms with E-state index in [2.05, 4.69) is 11.1 Å². The molecule has 3 aliphatic heterocycles. The fourth-order valence-electron chi connectivity index (χ4n) is 3.90. The lowest BCUT2D eigenvalue weighted by atomic mass is 9.77. The number of fused-ring (bicyclic) bond motifs is 5. The number of carbonyl (C=O) groups excluding carboxylic acids is 3. The maximum atomic E-state index is 12.8. The second kappa shape index (κ2) is 7.07. The summed E-state index contributed by atoms with van der Waals surface area (Å²) in [6.45, 7) is 4.90. The highest BCUT2D eigenvalue weighted by molar-refractivity contribution is 7.46. The summed E-state index contributed by atoms with van der Waals surface area (Å²) in [6.07, 6.45) is 3.90. The average Bonchev–Trinajstić information content (AvgIpc) is 3.21. The number of ether oxygens (including phenoxy) is 1. The Kier molecular flexibility index (Phi) is 5.26. The van der Waals surface area contributed by atoms with Crippen molar-refractivity contribution in [1.29, 1.82) is 0 Å². The molecule has 2 saturated heterocycles. The molecular formula is C17H22NO8P. The van der Waals surface area contributed by atoms with Crippen LogP contribution >= 0.6 is 7.82 Å². The number of carbonyl (C=O) groups is 3. The second-order valence-electron chi connectivity index (χ2n) is 7.15. The summed E-state index contributed by atoms with van der Waals surface area (Å²) in [5.74, 6) is -2.40. The lowest BCUT2D eigenvalue weighted by Crippen LogP contribution is -2.44. The highest BCUT2D eigenvalue weighted by atomic mass is 31.2. The first-order chi connectivity index (χ1) is 12.6. The van der Waals surface area contributed by atoms with Gasteiger partial charge in [0.15, 0.2) is 5.78 Å². The largest absolute Gasteiger partial charge is 0.469 e. The number of likely N-dealkylation sites (tertiary alicyclic amines) is 1. The number of nitrogens with zero attached hydrogens (tertiary/aromatic N) is 1. The smallest absolute Gasteiger partial charge is 0.359 e. The number of ketones is 1. The van der Waals surface area contributed by atoms with E-state index >= 15 is 0 Å². The molecule has 3 rings (SSSR count). The van der Waals surface area contributed by atoms with Gasteiger partial charge in [-0.25, -0.2) is 4.57 Å². The summed E-state index contributed by atoms with van der Waals surface area (Å²) in [6, 6.07) is 0. The zero-order valence-electron chi connectivity index (χ0n) is 14.9. The fourth-order valence-corrected chi connectivity index (χ4v) is 4.27. The predicted octanol–water partition coefficient (Wildman–Crippen LogP) is 0.720. The van der Waals surface area contributed by atoms with Crippen molar-refractivity contribution in [2.45, 2.75) is 37.9 Å². The molecular weight excluding hydrogens is 377 g/mol. The van der Waals surface area contributed by atoms with Crippen LogP contribution in [0, 0.1) is 11.8 Å². The molecule has 2 fully saturated rings. The first kappa shape index (κ1) is 20.1. The Morgan fingerprint density at radius 2 is 2.07 bits per heavy atom. The first-order valence-corrected chi connectivity index (χ1v) is 10.2. The molecule has 4 unspecified atom stereocenters. The van der Waals surface area contributed by atoms with Gasteiger partial charge < -0.3 is 14.5 Å². The fraction of sp³-hybridized carbons (Fsp3) is 0.588. The van der Waals surface area contributed by atoms with Gasteiger partial charge in [-0.1, -0.05) is 18.7 Å². The van der Waals surface area contributed by atoms with Gasteiger partial charge in [-0.3, -0.25) is 23.8 Å². The van der Waals surface area contributed by atoms with Crippen molar-refractivity contribution in [3.05, 3.63) is 24.3 Å². The monoisotopic (exact) mass is 399 g/mol. The van der Waals surface area contributed by atoms with Crippen LogP contribution in [0.4, 0.5) is 0 Å². The van der Waals surface area contributed by atoms with Crippen molar-refractivity contribution in [3.8, 4) is 0 Å². The zero-order valence-corrected chi connectivity index (χ0v) is 15.8. The van der Waals surface area contributed by atoms with Crippen LogP contribution in [0.15, 0.2) is 24.3 Å². The van der Waals surface area contributed by atoms with Crippen LogP contribution in [-0.4, -0.2) is 57.1 Å². The molecule has 0 aromatic rings. The van der Waals surface area contributed by atoms with Gasteiger partial charge in [-0.2, -0.15) is 0 Å². The Morgan fingerprint density at radius 3 is 2.70 bits per heavy atom. The van der Waals surface area contributed by atoms with Crippen molar-refractivity contribution in [2.24, 2.45) is 11.8 Å². The van der Waals surface area contributed by atoms with E-state index < -0.39 is 43.9 Å². The van der Waals surface area contributed by atoms with E-state index in [0.29, 0.717) is 24.8 Å². The Hall–Kier alpha value is -1.64. The number of amides is 2. The van der Waals surface area contributed by atoms with Crippen molar-refractivity contribution >= 4 is 25.4 Å². The second-order valence-corrected chi connectivity index (χ2v) is 8.39. The third-order valence-corrected chi connectivity index (χ3v) is 5.68. The highest BCUT2D eigenvalue weighted by Gasteiger charge is 2.67. The van der Waals surface area contributed by atoms with Crippen LogP contribution < -0.4 is 0 Å². The molecule has 9 nitrogen and oxygen atoms in total. The molecule has 0 saturated carbocycles. The normalized spacial score (nSPS) is 31.7. The van der Waals surface area contributed by atoms with E-state index in [-0.39, 0.29) is 18.2 Å². The minimum atomic E-state index is -4.74. The zero-order chi connectivity index (χ0) is 20.0. The molecule has 3 heterocycles. The van der Waals surface area contributed by atoms with Crippen LogP contribution in [0.25, 0.3) is 0 Å². The number of allylic oxidation sites excluding steroid dienone is 1. The number of hydrogen-bond acceptors (Lipinski definition) is 6. The molecule has 148 valence electrons. The average molecular weight is 399 g/mol. The molecule has 2 bridgehead atoms. The topological polar surface area (TPSA) is 130 Å². The summed E-state index contributed by atoms with van der Waals surface area (Å²) in [4.78, 5) is 56.1. The van der Waals surface area contributed by atoms with Crippen molar-refractivity contribution in [2.75, 3.05) is 13.2 Å². The van der Waals surface area contributed by atoms with Gasteiger partial charge in [-0.15, -0.1) is 0 Å². The van der Waals surface area contributed by atoms with Gasteiger partial charge in [-0.05, 0) is 25.3 Å². The quantitative estimate of drug-likeness (QED) is 0.191. The lowest BCUT2D eigenvalue weighted by molar-refractivity contribution is -0.145. The third kappa shape index (κ3) is 3.70. The Bertz CT molecular complexity index is 771. The van der Waals surface area contributed by atoms with Gasteiger partial charge in [0.1, 0.15) is 5.60 Å². The Balaban J connectivity index is 1.65. The van der Waals surface area contributed by atoms with E-state index in [1.807, 2.05) is 0 Å². The molecule has 0 aliphatic carbocycles. The Labute approximate surface area is 156 Å². The Morgan fingerprint density at radius 1 is 1.37 bits per heavy atom. The lowest BCUT2D eigenvalue weighted by Gasteiger charge is -2.28. The van der Waals surface area contributed by atoms with Gasteiger partial charge in [0.05, 0.1) is 24.5 Å². The van der Waals surface area contributed by atoms with Crippen LogP contribution in [-0.2, 0) is 28.2 Å². The summed E-state index contributed by atoms with van der Waals surface area (Å²) < 4.78 is 21.3. The maximum Gasteiger partial charge on any atom is 0.469 e. The molecule has 4 atom stereocenters. The summed E-state index contributed by atoms with van der Waals surface area (Å²) in [5.41, 5.74) is -0.863. The van der Waals surface area contributed by atoms with Gasteiger partial charge in [0.2, 0.25) is 11.8 Å². The summed E-state index contributed by atoms with van der Waals surface area (Å²) >= 11 is 0. The van der Waals surface area contributed by atoms with Crippen LogP contribution in [0.2, 0.25) is 0 Å². The third-order valence-electron chi connectivity index (χ3n) is 5.22. The SMILES string of the molecule is C=C(C)C(=O)CCCCN1C(=O)C2C3C=CC(COP(=O)(O)O)(O3)C2C1=O. The van der Waals surface area contributed by atoms with Crippen LogP contribution in [0.1, 0.15) is 26.2 Å². The van der Waals surface area contributed by atoms with Gasteiger partial charge in [0.25, 0.3) is 0 Å². The van der Waals surface area contributed by atoms with E-state index in [1.165, 1.54) is 0 Å². The van der Waals surface area contributed by atoms with Crippen molar-refractivity contribution < 1.29 is 38.0 Å². The van der Waals surface area contributed by atoms with Crippen molar-refractivity contribution in [1.82, 2.24) is 4.90 Å². The van der Waals surface area contributed by atoms with E-state index in [9.17, 15) is 18.9 Å². The summed E-state index contributed by atoms with van der Waals surface area (Å²) in [7, 11) is -4.74. The van der Waals surface area contributed by atoms with E-state index in [1.54, 1.807) is 19.1 Å². The number of rotatable bonds is 9. The van der Waals surface area contributed by atoms with Crippen LogP contribution in [0.3, 0.4) is 0 Å². The standard InChI is InChI=1S/C17H22NO8P/c1-10(2)11(19)5-3-4-8-18-15(20)13-12-6-7-17(26-12,14(13)16(18)21)9-25-27(22,23)24/h6-7,12-14H,1,3-5,8-9H2,2H3,(H2,22,23,24). The number of imide groups is 1. The summed E-state index contributed by atoms with van der Waals surface area (Å²) in [5, 5.41) is 0. The maximum absolute atomic E-state index is 12.8. The molecule has 0 aromatic heterocycles. The predicted molar refractivity (Wildman–Crippen MR) is 92.1 cm³/mol. The molecule has 10 heteroatoms. The number of phosphoric ester groups is 1. The number of Topliss-reactive ketones (excluding diaryl/α,β-unsaturated/α-hetero) is 1. The van der Waals surface area contributed by atoms with E-state index in [0.717, 1.165) is 4.90 Å². The van der Waals surface area contributed by atoms with Gasteiger partial charge in [0, 0.05) is 13.0 Å². The minimum absolute atomic E-state index is 0.0462. The number of hydrogen-bond donors (Lipinski definition) is 2. The van der Waals surface area contributed by atoms with Crippen LogP contribution in [0.5, 0.6) is 0 Å². The highest BCUT2D eigenvalue weighted by Crippen LogP contribution is 2.53. The molecule has 0 aromatic carbocycles. The molecule has 0 radical (unpaired) electrons. The first-order valence-electron chi connectivity index (χ1n) is 8.67. The molecule has 2 amide bonds. The molecule has 27 heavy (non-hydrogen) atoms. The van der Waals surface area contributed by atoms with E-state index in [4.69, 9.17) is 14.5 Å². The molecule has 2 N–H and O–H groups in total. The van der Waals surface area contributed by atoms with Gasteiger partial charge >= 0.3 is 7.82 Å². The molecule has 3 aliphatic rings. The number of phosphoric acid groups is 1. The number of unbranched alkanes of at least 4 members (excludes halogenated alkanes) is 1.